The van der Waals surface area contributed by atoms with Crippen LogP contribution in [-0.4, -0.2) is 33.1 Å². The zero-order chi connectivity index (χ0) is 19.4. The molecule has 0 spiro atoms. The van der Waals surface area contributed by atoms with Crippen LogP contribution in [-0.2, 0) is 0 Å². The summed E-state index contributed by atoms with van der Waals surface area (Å²) in [5.41, 5.74) is 0.907. The molecule has 0 aromatic carbocycles. The number of aryl methyl sites for hydroxylation is 1. The fourth-order valence-electron chi connectivity index (χ4n) is 3.11. The third kappa shape index (κ3) is 4.82. The van der Waals surface area contributed by atoms with Gasteiger partial charge in [0.15, 0.2) is 0 Å². The summed E-state index contributed by atoms with van der Waals surface area (Å²) < 4.78 is 5.91. The average molecular weight is 389 g/mol. The van der Waals surface area contributed by atoms with Crippen molar-refractivity contribution in [3.05, 3.63) is 39.5 Å². The van der Waals surface area contributed by atoms with Crippen molar-refractivity contribution in [2.24, 2.45) is 0 Å². The highest BCUT2D eigenvalue weighted by atomic mass is 32.1. The molecule has 144 valence electrons. The second-order valence-corrected chi connectivity index (χ2v) is 7.76. The van der Waals surface area contributed by atoms with Crippen LogP contribution in [0.4, 0.5) is 0 Å². The molecule has 1 aliphatic rings. The van der Waals surface area contributed by atoms with Gasteiger partial charge in [-0.1, -0.05) is 6.42 Å². The Morgan fingerprint density at radius 1 is 1.33 bits per heavy atom. The normalized spacial score (nSPS) is 15.9. The summed E-state index contributed by atoms with van der Waals surface area (Å²) in [6.07, 6.45) is 7.33. The third-order valence-electron chi connectivity index (χ3n) is 4.56. The van der Waals surface area contributed by atoms with Gasteiger partial charge in [-0.2, -0.15) is 0 Å². The Kier molecular flexibility index (Phi) is 6.05. The number of amides is 1. The van der Waals surface area contributed by atoms with E-state index in [0.717, 1.165) is 37.0 Å². The van der Waals surface area contributed by atoms with Gasteiger partial charge in [0.25, 0.3) is 5.91 Å². The van der Waals surface area contributed by atoms with Crippen LogP contribution in [0.3, 0.4) is 0 Å². The number of carbonyl (C=O) groups excluding carboxylic acids is 1. The topological polar surface area (TPSA) is 101 Å². The minimum Gasteiger partial charge on any atom is -0.477 e. The zero-order valence-electron chi connectivity index (χ0n) is 15.4. The molecule has 1 saturated carbocycles. The van der Waals surface area contributed by atoms with Crippen LogP contribution in [0, 0.1) is 6.92 Å². The largest absolute Gasteiger partial charge is 0.477 e. The number of aromatic nitrogens is 2. The quantitative estimate of drug-likeness (QED) is 0.780. The van der Waals surface area contributed by atoms with Crippen LogP contribution < -0.4 is 10.1 Å². The van der Waals surface area contributed by atoms with E-state index in [4.69, 9.17) is 9.84 Å². The number of hydrogen-bond donors (Lipinski definition) is 2. The predicted octanol–water partition coefficient (Wildman–Crippen LogP) is 3.75. The van der Waals surface area contributed by atoms with Gasteiger partial charge >= 0.3 is 5.97 Å². The maximum atomic E-state index is 12.6. The van der Waals surface area contributed by atoms with Gasteiger partial charge in [0.1, 0.15) is 16.0 Å². The first-order chi connectivity index (χ1) is 12.9. The van der Waals surface area contributed by atoms with E-state index in [1.807, 2.05) is 0 Å². The standard InChI is InChI=1S/C19H23N3O4S/c1-11-16(19(24)25)27-18(22-11)12(2)21-17(23)13-8-9-20-15(10-13)26-14-6-4-3-5-7-14/h8-10,12,14H,3-7H2,1-2H3,(H,21,23)(H,24,25). The first-order valence-electron chi connectivity index (χ1n) is 9.08. The fourth-order valence-corrected chi connectivity index (χ4v) is 4.02. The van der Waals surface area contributed by atoms with E-state index in [1.54, 1.807) is 32.2 Å². The first kappa shape index (κ1) is 19.3. The molecule has 0 bridgehead atoms. The molecule has 27 heavy (non-hydrogen) atoms. The molecule has 1 aliphatic carbocycles. The number of rotatable bonds is 6. The van der Waals surface area contributed by atoms with Crippen LogP contribution in [0.2, 0.25) is 0 Å². The second kappa shape index (κ2) is 8.47. The smallest absolute Gasteiger partial charge is 0.347 e. The van der Waals surface area contributed by atoms with Crippen molar-refractivity contribution in [1.82, 2.24) is 15.3 Å². The molecule has 8 heteroatoms. The van der Waals surface area contributed by atoms with Crippen LogP contribution in [0.25, 0.3) is 0 Å². The number of carboxylic acid groups (broad SMARTS) is 1. The highest BCUT2D eigenvalue weighted by Gasteiger charge is 2.20. The van der Waals surface area contributed by atoms with E-state index >= 15 is 0 Å². The van der Waals surface area contributed by atoms with Crippen molar-refractivity contribution in [3.63, 3.8) is 0 Å². The number of carbonyl (C=O) groups is 2. The average Bonchev–Trinajstić information content (AvgIpc) is 3.05. The number of aromatic carboxylic acids is 1. The van der Waals surface area contributed by atoms with Gasteiger partial charge < -0.3 is 15.2 Å². The van der Waals surface area contributed by atoms with E-state index in [9.17, 15) is 9.59 Å². The number of nitrogens with zero attached hydrogens (tertiary/aromatic N) is 2. The summed E-state index contributed by atoms with van der Waals surface area (Å²) in [5, 5.41) is 12.6. The molecule has 0 radical (unpaired) electrons. The van der Waals surface area contributed by atoms with E-state index in [0.29, 0.717) is 22.1 Å². The second-order valence-electron chi connectivity index (χ2n) is 6.73. The van der Waals surface area contributed by atoms with Gasteiger partial charge in [-0.3, -0.25) is 4.79 Å². The molecule has 2 aromatic rings. The van der Waals surface area contributed by atoms with Gasteiger partial charge in [-0.25, -0.2) is 14.8 Å². The van der Waals surface area contributed by atoms with Crippen molar-refractivity contribution >= 4 is 23.2 Å². The van der Waals surface area contributed by atoms with Gasteiger partial charge in [0.05, 0.1) is 11.7 Å². The van der Waals surface area contributed by atoms with Crippen molar-refractivity contribution in [3.8, 4) is 5.88 Å². The van der Waals surface area contributed by atoms with Gasteiger partial charge in [0, 0.05) is 17.8 Å². The first-order valence-corrected chi connectivity index (χ1v) is 9.90. The molecule has 1 fully saturated rings. The molecule has 0 saturated heterocycles. The fraction of sp³-hybridized carbons (Fsp3) is 0.474. The highest BCUT2D eigenvalue weighted by Crippen LogP contribution is 2.25. The minimum atomic E-state index is -1.01. The molecule has 1 atom stereocenters. The Morgan fingerprint density at radius 2 is 2.07 bits per heavy atom. The summed E-state index contributed by atoms with van der Waals surface area (Å²) >= 11 is 1.08. The summed E-state index contributed by atoms with van der Waals surface area (Å²) in [7, 11) is 0. The van der Waals surface area contributed by atoms with Crippen LogP contribution in [0.5, 0.6) is 5.88 Å². The lowest BCUT2D eigenvalue weighted by molar-refractivity contribution is 0.0700. The lowest BCUT2D eigenvalue weighted by Crippen LogP contribution is -2.27. The number of pyridine rings is 1. The van der Waals surface area contributed by atoms with Crippen molar-refractivity contribution < 1.29 is 19.4 Å². The molecule has 1 unspecified atom stereocenters. The molecule has 1 amide bonds. The molecular formula is C19H23N3O4S. The van der Waals surface area contributed by atoms with Crippen LogP contribution >= 0.6 is 11.3 Å². The Bertz CT molecular complexity index is 830. The molecule has 2 aromatic heterocycles. The molecule has 0 aliphatic heterocycles. The van der Waals surface area contributed by atoms with Crippen molar-refractivity contribution in [2.75, 3.05) is 0 Å². The highest BCUT2D eigenvalue weighted by molar-refractivity contribution is 7.13. The third-order valence-corrected chi connectivity index (χ3v) is 5.89. The molecule has 2 heterocycles. The number of carboxylic acids is 1. The molecular weight excluding hydrogens is 366 g/mol. The number of thiazole rings is 1. The summed E-state index contributed by atoms with van der Waals surface area (Å²) in [6.45, 7) is 3.43. The van der Waals surface area contributed by atoms with E-state index in [1.165, 1.54) is 6.42 Å². The van der Waals surface area contributed by atoms with E-state index in [-0.39, 0.29) is 16.9 Å². The van der Waals surface area contributed by atoms with Crippen LogP contribution in [0.1, 0.15) is 75.8 Å². The van der Waals surface area contributed by atoms with Gasteiger partial charge in [-0.15, -0.1) is 11.3 Å². The van der Waals surface area contributed by atoms with Crippen LogP contribution in [0.15, 0.2) is 18.3 Å². The molecule has 2 N–H and O–H groups in total. The zero-order valence-corrected chi connectivity index (χ0v) is 16.2. The number of nitrogens with one attached hydrogen (secondary N) is 1. The Labute approximate surface area is 161 Å². The maximum Gasteiger partial charge on any atom is 0.347 e. The lowest BCUT2D eigenvalue weighted by Gasteiger charge is -2.22. The van der Waals surface area contributed by atoms with Gasteiger partial charge in [0.2, 0.25) is 5.88 Å². The lowest BCUT2D eigenvalue weighted by atomic mass is 9.98. The van der Waals surface area contributed by atoms with Crippen molar-refractivity contribution in [2.45, 2.75) is 58.1 Å². The number of ether oxygens (including phenoxy) is 1. The maximum absolute atomic E-state index is 12.6. The predicted molar refractivity (Wildman–Crippen MR) is 101 cm³/mol. The Balaban J connectivity index is 1.65. The Morgan fingerprint density at radius 3 is 2.74 bits per heavy atom. The minimum absolute atomic E-state index is 0.163. The van der Waals surface area contributed by atoms with E-state index < -0.39 is 12.0 Å². The summed E-state index contributed by atoms with van der Waals surface area (Å²) in [6, 6.07) is 2.88. The SMILES string of the molecule is Cc1nc(C(C)NC(=O)c2ccnc(OC3CCCCC3)c2)sc1C(=O)O. The monoisotopic (exact) mass is 389 g/mol. The summed E-state index contributed by atoms with van der Waals surface area (Å²) in [4.78, 5) is 32.4. The molecule has 7 nitrogen and oxygen atoms in total. The number of hydrogen-bond acceptors (Lipinski definition) is 6. The Hall–Kier alpha value is -2.48. The molecule has 3 rings (SSSR count). The van der Waals surface area contributed by atoms with Crippen molar-refractivity contribution in [1.29, 1.82) is 0 Å². The summed E-state index contributed by atoms with van der Waals surface area (Å²) in [5.74, 6) is -0.822. The van der Waals surface area contributed by atoms with E-state index in [2.05, 4.69) is 15.3 Å². The van der Waals surface area contributed by atoms with Gasteiger partial charge in [-0.05, 0) is 45.6 Å².